The molecule has 1 aliphatic rings. The lowest BCUT2D eigenvalue weighted by Gasteiger charge is -2.17. The number of carbonyl (C=O) groups is 1. The van der Waals surface area contributed by atoms with Crippen molar-refractivity contribution in [2.45, 2.75) is 13.3 Å². The van der Waals surface area contributed by atoms with Gasteiger partial charge in [-0.1, -0.05) is 0 Å². The molecule has 0 unspecified atom stereocenters. The fourth-order valence-electron chi connectivity index (χ4n) is 2.04. The van der Waals surface area contributed by atoms with E-state index in [1.807, 2.05) is 0 Å². The Hall–Kier alpha value is -1.87. The lowest BCUT2D eigenvalue weighted by Crippen LogP contribution is -2.30. The summed E-state index contributed by atoms with van der Waals surface area (Å²) in [6.45, 7) is 1.81. The van der Waals surface area contributed by atoms with Crippen LogP contribution in [0.5, 0.6) is 0 Å². The van der Waals surface area contributed by atoms with E-state index in [2.05, 4.69) is 0 Å². The van der Waals surface area contributed by atoms with Crippen LogP contribution in [0.4, 0.5) is 5.69 Å². The molecule has 18 heavy (non-hydrogen) atoms. The third kappa shape index (κ3) is 2.09. The average molecular weight is 264 g/mol. The smallest absolute Gasteiger partial charge is 0.248 e. The molecule has 1 aliphatic heterocycles. The molecule has 0 aliphatic carbocycles. The number of Topliss-reactive ketones (excluding diaryl/α,β-unsaturated/α-hetero) is 1. The summed E-state index contributed by atoms with van der Waals surface area (Å²) in [6, 6.07) is 6.63. The summed E-state index contributed by atoms with van der Waals surface area (Å²) >= 11 is 0. The Kier molecular flexibility index (Phi) is 3.09. The van der Waals surface area contributed by atoms with Gasteiger partial charge in [-0.05, 0) is 37.1 Å². The third-order valence-corrected chi connectivity index (χ3v) is 4.47. The van der Waals surface area contributed by atoms with Crippen LogP contribution < -0.4 is 4.31 Å². The monoisotopic (exact) mass is 264 g/mol. The van der Waals surface area contributed by atoms with Crippen molar-refractivity contribution in [2.75, 3.05) is 16.6 Å². The highest BCUT2D eigenvalue weighted by atomic mass is 32.2. The van der Waals surface area contributed by atoms with Crippen molar-refractivity contribution in [3.8, 4) is 6.07 Å². The van der Waals surface area contributed by atoms with Gasteiger partial charge in [0.15, 0.2) is 11.5 Å². The molecule has 0 saturated carbocycles. The molecular formula is C12H12N2O3S. The molecule has 1 aromatic carbocycles. The predicted octanol–water partition coefficient (Wildman–Crippen LogP) is 1.11. The fraction of sp³-hybridized carbons (Fsp3) is 0.333. The van der Waals surface area contributed by atoms with Crippen LogP contribution in [-0.4, -0.2) is 26.5 Å². The number of sulfonamides is 1. The molecule has 0 fully saturated rings. The van der Waals surface area contributed by atoms with E-state index in [4.69, 9.17) is 5.26 Å². The zero-order chi connectivity index (χ0) is 13.3. The summed E-state index contributed by atoms with van der Waals surface area (Å²) in [7, 11) is -3.57. The first-order valence-corrected chi connectivity index (χ1v) is 7.08. The lowest BCUT2D eigenvalue weighted by atomic mass is 10.1. The maximum absolute atomic E-state index is 11.9. The summed E-state index contributed by atoms with van der Waals surface area (Å²) in [5.41, 5.74) is 1.99. The average Bonchev–Trinajstić information content (AvgIpc) is 2.71. The largest absolute Gasteiger partial charge is 0.295 e. The van der Waals surface area contributed by atoms with Crippen LogP contribution in [0, 0.1) is 11.3 Å². The van der Waals surface area contributed by atoms with Gasteiger partial charge in [-0.25, -0.2) is 8.42 Å². The fourth-order valence-corrected chi connectivity index (χ4v) is 3.21. The first-order valence-electron chi connectivity index (χ1n) is 5.47. The highest BCUT2D eigenvalue weighted by Gasteiger charge is 2.29. The van der Waals surface area contributed by atoms with E-state index in [0.29, 0.717) is 24.2 Å². The molecule has 0 aromatic heterocycles. The first kappa shape index (κ1) is 12.6. The van der Waals surface area contributed by atoms with Crippen LogP contribution in [-0.2, 0) is 16.4 Å². The summed E-state index contributed by atoms with van der Waals surface area (Å²) in [5, 5.41) is 8.53. The highest BCUT2D eigenvalue weighted by molar-refractivity contribution is 7.93. The third-order valence-electron chi connectivity index (χ3n) is 2.92. The summed E-state index contributed by atoms with van der Waals surface area (Å²) in [6.07, 6.45) is 0.571. The van der Waals surface area contributed by atoms with E-state index in [-0.39, 0.29) is 5.78 Å². The molecule has 0 N–H and O–H groups in total. The normalized spacial score (nSPS) is 14.1. The Balaban J connectivity index is 2.42. The van der Waals surface area contributed by atoms with Gasteiger partial charge in [-0.2, -0.15) is 5.26 Å². The van der Waals surface area contributed by atoms with Crippen LogP contribution in [0.1, 0.15) is 22.8 Å². The highest BCUT2D eigenvalue weighted by Crippen LogP contribution is 2.31. The Morgan fingerprint density at radius 1 is 1.50 bits per heavy atom. The van der Waals surface area contributed by atoms with Crippen molar-refractivity contribution in [2.24, 2.45) is 0 Å². The number of nitriles is 1. The Morgan fingerprint density at radius 3 is 2.83 bits per heavy atom. The molecule has 1 heterocycles. The van der Waals surface area contributed by atoms with Gasteiger partial charge in [0.05, 0.1) is 11.8 Å². The molecule has 2 rings (SSSR count). The Bertz CT molecular complexity index is 644. The van der Waals surface area contributed by atoms with Crippen LogP contribution in [0.3, 0.4) is 0 Å². The lowest BCUT2D eigenvalue weighted by molar-refractivity contribution is 0.101. The number of carbonyl (C=O) groups excluding carboxylic acids is 1. The Morgan fingerprint density at radius 2 is 2.22 bits per heavy atom. The number of ketones is 1. The van der Waals surface area contributed by atoms with Gasteiger partial charge in [-0.3, -0.25) is 9.10 Å². The van der Waals surface area contributed by atoms with Gasteiger partial charge in [0.25, 0.3) is 0 Å². The van der Waals surface area contributed by atoms with Crippen LogP contribution >= 0.6 is 0 Å². The molecule has 0 bridgehead atoms. The summed E-state index contributed by atoms with van der Waals surface area (Å²) in [5.74, 6) is -0.572. The predicted molar refractivity (Wildman–Crippen MR) is 66.9 cm³/mol. The van der Waals surface area contributed by atoms with Crippen molar-refractivity contribution in [1.29, 1.82) is 5.26 Å². The number of nitrogens with zero attached hydrogens (tertiary/aromatic N) is 2. The van der Waals surface area contributed by atoms with Gasteiger partial charge in [0.2, 0.25) is 10.0 Å². The number of rotatable bonds is 3. The summed E-state index contributed by atoms with van der Waals surface area (Å²) in [4.78, 5) is 11.3. The molecule has 0 amide bonds. The van der Waals surface area contributed by atoms with Crippen molar-refractivity contribution in [3.05, 3.63) is 29.3 Å². The van der Waals surface area contributed by atoms with E-state index in [0.717, 1.165) is 5.56 Å². The zero-order valence-electron chi connectivity index (χ0n) is 9.88. The Labute approximate surface area is 106 Å². The topological polar surface area (TPSA) is 78.2 Å². The number of anilines is 1. The number of fused-ring (bicyclic) bond motifs is 1. The maximum Gasteiger partial charge on any atom is 0.248 e. The minimum absolute atomic E-state index is 0.0452. The molecule has 6 heteroatoms. The van der Waals surface area contributed by atoms with Gasteiger partial charge in [-0.15, -0.1) is 0 Å². The van der Waals surface area contributed by atoms with E-state index in [1.165, 1.54) is 11.2 Å². The minimum Gasteiger partial charge on any atom is -0.295 e. The van der Waals surface area contributed by atoms with Crippen molar-refractivity contribution in [3.63, 3.8) is 0 Å². The van der Waals surface area contributed by atoms with Gasteiger partial charge >= 0.3 is 0 Å². The number of hydrogen-bond acceptors (Lipinski definition) is 4. The van der Waals surface area contributed by atoms with Gasteiger partial charge in [0.1, 0.15) is 0 Å². The van der Waals surface area contributed by atoms with Crippen molar-refractivity contribution >= 4 is 21.5 Å². The molecule has 0 saturated heterocycles. The molecule has 5 nitrogen and oxygen atoms in total. The quantitative estimate of drug-likeness (QED) is 0.766. The van der Waals surface area contributed by atoms with E-state index >= 15 is 0 Å². The molecule has 0 spiro atoms. The molecule has 0 radical (unpaired) electrons. The van der Waals surface area contributed by atoms with Crippen LogP contribution in [0.2, 0.25) is 0 Å². The van der Waals surface area contributed by atoms with Gasteiger partial charge < -0.3 is 0 Å². The van der Waals surface area contributed by atoms with Crippen LogP contribution in [0.15, 0.2) is 18.2 Å². The molecule has 0 atom stereocenters. The molecule has 1 aromatic rings. The second-order valence-electron chi connectivity index (χ2n) is 4.14. The molecule has 94 valence electrons. The van der Waals surface area contributed by atoms with Crippen molar-refractivity contribution in [1.82, 2.24) is 0 Å². The van der Waals surface area contributed by atoms with E-state index < -0.39 is 15.8 Å². The molecular weight excluding hydrogens is 252 g/mol. The standard InChI is InChI=1S/C12H12N2O3S/c1-9(15)10-2-3-12-11(8-10)4-6-14(12)18(16,17)7-5-13/h2-3,8H,4,6-7H2,1H3. The second-order valence-corrected chi connectivity index (χ2v) is 6.03. The summed E-state index contributed by atoms with van der Waals surface area (Å²) < 4.78 is 24.9. The minimum atomic E-state index is -3.57. The van der Waals surface area contributed by atoms with E-state index in [1.54, 1.807) is 24.3 Å². The number of benzene rings is 1. The zero-order valence-corrected chi connectivity index (χ0v) is 10.7. The van der Waals surface area contributed by atoms with Gasteiger partial charge in [0, 0.05) is 12.1 Å². The number of hydrogen-bond donors (Lipinski definition) is 0. The SMILES string of the molecule is CC(=O)c1ccc2c(c1)CCN2S(=O)(=O)CC#N. The second kappa shape index (κ2) is 4.42. The van der Waals surface area contributed by atoms with E-state index in [9.17, 15) is 13.2 Å². The van der Waals surface area contributed by atoms with Crippen LogP contribution in [0.25, 0.3) is 0 Å². The maximum atomic E-state index is 11.9. The van der Waals surface area contributed by atoms with Crippen molar-refractivity contribution < 1.29 is 13.2 Å². The first-order chi connectivity index (χ1) is 8.45.